The van der Waals surface area contributed by atoms with Crippen molar-refractivity contribution in [3.8, 4) is 10.7 Å². The Morgan fingerprint density at radius 2 is 2.10 bits per heavy atom. The first-order valence-electron chi connectivity index (χ1n) is 9.21. The number of tetrazole rings is 1. The molecular formula is C20H18N6OS2. The van der Waals surface area contributed by atoms with Gasteiger partial charge in [0, 0.05) is 28.7 Å². The Balaban J connectivity index is 1.48. The summed E-state index contributed by atoms with van der Waals surface area (Å²) >= 11 is 3.64. The van der Waals surface area contributed by atoms with Gasteiger partial charge in [-0.1, -0.05) is 0 Å². The number of rotatable bonds is 4. The zero-order valence-electron chi connectivity index (χ0n) is 15.7. The normalized spacial score (nSPS) is 13.3. The van der Waals surface area contributed by atoms with Gasteiger partial charge in [-0.05, 0) is 71.0 Å². The van der Waals surface area contributed by atoms with Crippen molar-refractivity contribution in [3.05, 3.63) is 70.6 Å². The van der Waals surface area contributed by atoms with E-state index in [1.165, 1.54) is 10.4 Å². The van der Waals surface area contributed by atoms with Crippen LogP contribution in [0.25, 0.3) is 10.7 Å². The van der Waals surface area contributed by atoms with Gasteiger partial charge in [-0.3, -0.25) is 4.79 Å². The molecule has 0 unspecified atom stereocenters. The van der Waals surface area contributed by atoms with E-state index < -0.39 is 0 Å². The lowest BCUT2D eigenvalue weighted by Crippen LogP contribution is -2.17. The Labute approximate surface area is 175 Å². The fraction of sp³-hybridized carbons (Fsp3) is 0.200. The Morgan fingerprint density at radius 3 is 2.86 bits per heavy atom. The van der Waals surface area contributed by atoms with Crippen molar-refractivity contribution in [1.82, 2.24) is 24.8 Å². The molecule has 3 aromatic heterocycles. The Hall–Kier alpha value is -2.91. The van der Waals surface area contributed by atoms with Crippen molar-refractivity contribution in [1.29, 1.82) is 0 Å². The van der Waals surface area contributed by atoms with Gasteiger partial charge in [0.05, 0.1) is 11.3 Å². The predicted octanol–water partition coefficient (Wildman–Crippen LogP) is 3.86. The number of fused-ring (bicyclic) bond motifs is 1. The summed E-state index contributed by atoms with van der Waals surface area (Å²) in [5, 5.41) is 15.4. The summed E-state index contributed by atoms with van der Waals surface area (Å²) in [6.07, 6.45) is 6.47. The van der Waals surface area contributed by atoms with E-state index in [2.05, 4.69) is 20.8 Å². The van der Waals surface area contributed by atoms with Crippen LogP contribution in [0, 0.1) is 6.92 Å². The highest BCUT2D eigenvalue weighted by atomic mass is 32.2. The molecule has 1 aliphatic rings. The van der Waals surface area contributed by atoms with Crippen molar-refractivity contribution < 1.29 is 4.79 Å². The van der Waals surface area contributed by atoms with Crippen LogP contribution >= 0.6 is 23.1 Å². The van der Waals surface area contributed by atoms with E-state index in [1.807, 2.05) is 66.0 Å². The van der Waals surface area contributed by atoms with Gasteiger partial charge in [0.2, 0.25) is 0 Å². The summed E-state index contributed by atoms with van der Waals surface area (Å²) in [7, 11) is 0. The molecule has 4 aromatic rings. The summed E-state index contributed by atoms with van der Waals surface area (Å²) in [6, 6.07) is 9.70. The van der Waals surface area contributed by atoms with Crippen LogP contribution in [0.3, 0.4) is 0 Å². The second kappa shape index (κ2) is 7.49. The third-order valence-corrected chi connectivity index (χ3v) is 7.33. The first kappa shape index (κ1) is 18.1. The first-order chi connectivity index (χ1) is 14.2. The SMILES string of the molecule is Cc1cc(NC(=O)c2c(-n3cccc3)sc3c2CCSC3)ccc1-n1cnnn1. The second-order valence-corrected chi connectivity index (χ2v) is 8.98. The van der Waals surface area contributed by atoms with E-state index in [0.29, 0.717) is 0 Å². The summed E-state index contributed by atoms with van der Waals surface area (Å²) in [5.74, 6) is 1.96. The van der Waals surface area contributed by atoms with Gasteiger partial charge in [-0.15, -0.1) is 16.4 Å². The molecule has 146 valence electrons. The number of carbonyl (C=O) groups is 1. The van der Waals surface area contributed by atoms with Crippen molar-refractivity contribution in [3.63, 3.8) is 0 Å². The number of aryl methyl sites for hydroxylation is 1. The highest BCUT2D eigenvalue weighted by Crippen LogP contribution is 2.38. The molecule has 0 spiro atoms. The highest BCUT2D eigenvalue weighted by Gasteiger charge is 2.26. The van der Waals surface area contributed by atoms with Gasteiger partial charge in [0.15, 0.2) is 0 Å². The monoisotopic (exact) mass is 422 g/mol. The maximum Gasteiger partial charge on any atom is 0.258 e. The number of nitrogens with one attached hydrogen (secondary N) is 1. The average molecular weight is 423 g/mol. The molecule has 0 saturated heterocycles. The summed E-state index contributed by atoms with van der Waals surface area (Å²) in [6.45, 7) is 1.97. The van der Waals surface area contributed by atoms with Crippen LogP contribution in [-0.4, -0.2) is 36.4 Å². The maximum atomic E-state index is 13.3. The molecule has 0 atom stereocenters. The Kier molecular flexibility index (Phi) is 4.69. The average Bonchev–Trinajstić information content (AvgIpc) is 3.47. The minimum atomic E-state index is -0.0623. The van der Waals surface area contributed by atoms with Gasteiger partial charge >= 0.3 is 0 Å². The number of hydrogen-bond donors (Lipinski definition) is 1. The lowest BCUT2D eigenvalue weighted by atomic mass is 10.1. The van der Waals surface area contributed by atoms with Gasteiger partial charge in [-0.25, -0.2) is 4.68 Å². The molecule has 29 heavy (non-hydrogen) atoms. The lowest BCUT2D eigenvalue weighted by molar-refractivity contribution is 0.102. The predicted molar refractivity (Wildman–Crippen MR) is 115 cm³/mol. The standard InChI is InChI=1S/C20H18N6OS2/c1-13-10-14(4-5-16(13)26-12-21-23-24-26)22-19(27)18-15-6-9-28-11-17(15)29-20(18)25-7-2-3-8-25/h2-5,7-8,10,12H,6,9,11H2,1H3,(H,22,27). The van der Waals surface area contributed by atoms with Crippen molar-refractivity contribution in [2.45, 2.75) is 19.1 Å². The number of hydrogen-bond acceptors (Lipinski definition) is 6. The van der Waals surface area contributed by atoms with Crippen LogP contribution in [-0.2, 0) is 12.2 Å². The maximum absolute atomic E-state index is 13.3. The fourth-order valence-electron chi connectivity index (χ4n) is 3.56. The number of thiophene rings is 1. The van der Waals surface area contributed by atoms with E-state index in [9.17, 15) is 4.79 Å². The van der Waals surface area contributed by atoms with Gasteiger partial charge in [0.1, 0.15) is 11.3 Å². The molecule has 7 nitrogen and oxygen atoms in total. The molecule has 1 aromatic carbocycles. The minimum Gasteiger partial charge on any atom is -0.322 e. The number of benzene rings is 1. The zero-order valence-corrected chi connectivity index (χ0v) is 17.3. The molecule has 4 heterocycles. The van der Waals surface area contributed by atoms with Crippen LogP contribution in [0.2, 0.25) is 0 Å². The van der Waals surface area contributed by atoms with Gasteiger partial charge < -0.3 is 9.88 Å². The smallest absolute Gasteiger partial charge is 0.258 e. The summed E-state index contributed by atoms with van der Waals surface area (Å²) in [4.78, 5) is 14.6. The lowest BCUT2D eigenvalue weighted by Gasteiger charge is -2.14. The van der Waals surface area contributed by atoms with Gasteiger partial charge in [-0.2, -0.15) is 11.8 Å². The van der Waals surface area contributed by atoms with Crippen LogP contribution in [0.4, 0.5) is 5.69 Å². The molecule has 1 aliphatic heterocycles. The largest absolute Gasteiger partial charge is 0.322 e. The van der Waals surface area contributed by atoms with Crippen molar-refractivity contribution in [2.75, 3.05) is 11.1 Å². The quantitative estimate of drug-likeness (QED) is 0.540. The summed E-state index contributed by atoms with van der Waals surface area (Å²) in [5.41, 5.74) is 4.60. The number of thioether (sulfide) groups is 1. The number of amides is 1. The molecule has 1 amide bonds. The van der Waals surface area contributed by atoms with E-state index in [-0.39, 0.29) is 5.91 Å². The highest BCUT2D eigenvalue weighted by molar-refractivity contribution is 7.98. The number of anilines is 1. The number of carbonyl (C=O) groups excluding carboxylic acids is 1. The summed E-state index contributed by atoms with van der Waals surface area (Å²) < 4.78 is 3.65. The molecule has 9 heteroatoms. The third-order valence-electron chi connectivity index (χ3n) is 4.92. The molecule has 5 rings (SSSR count). The van der Waals surface area contributed by atoms with E-state index in [4.69, 9.17) is 0 Å². The van der Waals surface area contributed by atoms with Crippen molar-refractivity contribution in [2.24, 2.45) is 0 Å². The molecule has 0 aliphatic carbocycles. The second-order valence-electron chi connectivity index (χ2n) is 6.79. The zero-order chi connectivity index (χ0) is 19.8. The molecular weight excluding hydrogens is 404 g/mol. The van der Waals surface area contributed by atoms with Crippen LogP contribution in [0.1, 0.15) is 26.4 Å². The Bertz CT molecular complexity index is 1160. The molecule has 0 radical (unpaired) electrons. The van der Waals surface area contributed by atoms with Crippen LogP contribution in [0.15, 0.2) is 49.1 Å². The molecule has 1 N–H and O–H groups in total. The first-order valence-corrected chi connectivity index (χ1v) is 11.2. The fourth-order valence-corrected chi connectivity index (χ4v) is 6.00. The van der Waals surface area contributed by atoms with E-state index >= 15 is 0 Å². The van der Waals surface area contributed by atoms with E-state index in [0.717, 1.165) is 45.4 Å². The van der Waals surface area contributed by atoms with Crippen LogP contribution in [0.5, 0.6) is 0 Å². The number of aromatic nitrogens is 5. The third kappa shape index (κ3) is 3.36. The molecule has 0 bridgehead atoms. The van der Waals surface area contributed by atoms with Gasteiger partial charge in [0.25, 0.3) is 5.91 Å². The topological polar surface area (TPSA) is 77.6 Å². The number of nitrogens with zero attached hydrogens (tertiary/aromatic N) is 5. The molecule has 0 fully saturated rings. The van der Waals surface area contributed by atoms with Crippen LogP contribution < -0.4 is 5.32 Å². The Morgan fingerprint density at radius 1 is 1.24 bits per heavy atom. The minimum absolute atomic E-state index is 0.0623. The van der Waals surface area contributed by atoms with E-state index in [1.54, 1.807) is 22.3 Å². The molecule has 0 saturated carbocycles. The van der Waals surface area contributed by atoms with Crippen molar-refractivity contribution >= 4 is 34.7 Å².